The van der Waals surface area contributed by atoms with E-state index < -0.39 is 10.0 Å². The van der Waals surface area contributed by atoms with Gasteiger partial charge in [-0.05, 0) is 38.1 Å². The predicted octanol–water partition coefficient (Wildman–Crippen LogP) is 2.95. The van der Waals surface area contributed by atoms with E-state index in [0.29, 0.717) is 12.1 Å². The number of nitrogens with one attached hydrogen (secondary N) is 1. The molecule has 0 aliphatic rings. The highest BCUT2D eigenvalue weighted by Crippen LogP contribution is 2.28. The van der Waals surface area contributed by atoms with Crippen molar-refractivity contribution >= 4 is 32.0 Å². The summed E-state index contributed by atoms with van der Waals surface area (Å²) in [5.41, 5.74) is 3.02. The molecule has 130 valence electrons. The molecule has 1 N–H and O–H groups in total. The lowest BCUT2D eigenvalue weighted by molar-refractivity contribution is 0.263. The molecule has 0 bridgehead atoms. The molecule has 3 aromatic heterocycles. The van der Waals surface area contributed by atoms with E-state index >= 15 is 0 Å². The molecule has 0 aliphatic carbocycles. The lowest BCUT2D eigenvalue weighted by Gasteiger charge is -2.21. The van der Waals surface area contributed by atoms with E-state index in [4.69, 9.17) is 0 Å². The molecule has 3 heterocycles. The van der Waals surface area contributed by atoms with Gasteiger partial charge in [-0.1, -0.05) is 13.8 Å². The summed E-state index contributed by atoms with van der Waals surface area (Å²) in [6, 6.07) is 3.80. The predicted molar refractivity (Wildman–Crippen MR) is 97.7 cm³/mol. The van der Waals surface area contributed by atoms with E-state index in [0.717, 1.165) is 48.0 Å². The van der Waals surface area contributed by atoms with Crippen molar-refractivity contribution in [2.24, 2.45) is 0 Å². The van der Waals surface area contributed by atoms with Gasteiger partial charge in [0.05, 0.1) is 22.8 Å². The van der Waals surface area contributed by atoms with E-state index in [1.165, 1.54) is 10.2 Å². The average Bonchev–Trinajstić information content (AvgIpc) is 3.09. The van der Waals surface area contributed by atoms with Crippen molar-refractivity contribution in [1.82, 2.24) is 18.8 Å². The second-order valence-electron chi connectivity index (χ2n) is 6.24. The van der Waals surface area contributed by atoms with Gasteiger partial charge in [0.25, 0.3) is 0 Å². The van der Waals surface area contributed by atoms with Crippen LogP contribution in [0.15, 0.2) is 24.5 Å². The summed E-state index contributed by atoms with van der Waals surface area (Å²) in [7, 11) is -3.42. The summed E-state index contributed by atoms with van der Waals surface area (Å²) in [4.78, 5) is 9.84. The number of aromatic nitrogens is 3. The lowest BCUT2D eigenvalue weighted by atomic mass is 10.2. The number of aromatic amines is 1. The van der Waals surface area contributed by atoms with Gasteiger partial charge in [0.15, 0.2) is 0 Å². The molecule has 0 fully saturated rings. The summed E-state index contributed by atoms with van der Waals surface area (Å²) < 4.78 is 26.5. The van der Waals surface area contributed by atoms with Gasteiger partial charge in [0.1, 0.15) is 0 Å². The highest BCUT2D eigenvalue weighted by atomic mass is 32.2. The fourth-order valence-corrected chi connectivity index (χ4v) is 4.39. The van der Waals surface area contributed by atoms with Crippen molar-refractivity contribution in [3.63, 3.8) is 0 Å². The minimum Gasteiger partial charge on any atom is -0.358 e. The van der Waals surface area contributed by atoms with Gasteiger partial charge in [-0.25, -0.2) is 12.4 Å². The summed E-state index contributed by atoms with van der Waals surface area (Å²) in [5, 5.41) is 0.846. The van der Waals surface area contributed by atoms with Crippen LogP contribution in [0, 0.1) is 0 Å². The Labute approximate surface area is 142 Å². The van der Waals surface area contributed by atoms with Crippen LogP contribution in [0.5, 0.6) is 0 Å². The zero-order valence-electron chi connectivity index (χ0n) is 14.4. The van der Waals surface area contributed by atoms with Crippen LogP contribution in [0.4, 0.5) is 0 Å². The van der Waals surface area contributed by atoms with Gasteiger partial charge in [0.2, 0.25) is 10.0 Å². The van der Waals surface area contributed by atoms with E-state index in [-0.39, 0.29) is 0 Å². The van der Waals surface area contributed by atoms with E-state index in [1.54, 1.807) is 12.4 Å². The molecule has 0 atom stereocenters. The second-order valence-corrected chi connectivity index (χ2v) is 8.07. The zero-order chi connectivity index (χ0) is 17.3. The summed E-state index contributed by atoms with van der Waals surface area (Å²) in [6.45, 7) is 6.80. The lowest BCUT2D eigenvalue weighted by Crippen LogP contribution is -2.27. The molecule has 0 radical (unpaired) electrons. The van der Waals surface area contributed by atoms with Crippen LogP contribution in [0.25, 0.3) is 21.9 Å². The molecule has 0 aliphatic heterocycles. The first-order valence-electron chi connectivity index (χ1n) is 8.35. The second kappa shape index (κ2) is 6.57. The van der Waals surface area contributed by atoms with Gasteiger partial charge >= 0.3 is 0 Å². The molecule has 0 unspecified atom stereocenters. The SMILES string of the molecule is CCCN(CCC)Cc1cc2cnc3cc[nH]c3c2n1S(C)(=O)=O. The largest absolute Gasteiger partial charge is 0.358 e. The number of fused-ring (bicyclic) bond motifs is 3. The molecule has 0 saturated heterocycles. The summed E-state index contributed by atoms with van der Waals surface area (Å²) in [6.07, 6.45) is 6.88. The minimum absolute atomic E-state index is 0.617. The first-order valence-corrected chi connectivity index (χ1v) is 10.2. The Morgan fingerprint density at radius 3 is 2.58 bits per heavy atom. The Hall–Kier alpha value is -1.86. The highest BCUT2D eigenvalue weighted by molar-refractivity contribution is 7.89. The molecule has 0 saturated carbocycles. The van der Waals surface area contributed by atoms with Gasteiger partial charge in [-0.2, -0.15) is 0 Å². The van der Waals surface area contributed by atoms with Crippen molar-refractivity contribution in [2.45, 2.75) is 33.2 Å². The molecule has 3 aromatic rings. The fourth-order valence-electron chi connectivity index (χ4n) is 3.33. The first-order chi connectivity index (χ1) is 11.5. The van der Waals surface area contributed by atoms with Crippen LogP contribution >= 0.6 is 0 Å². The summed E-state index contributed by atoms with van der Waals surface area (Å²) in [5.74, 6) is 0. The quantitative estimate of drug-likeness (QED) is 0.712. The van der Waals surface area contributed by atoms with Crippen molar-refractivity contribution in [2.75, 3.05) is 19.3 Å². The Bertz CT molecular complexity index is 950. The molecule has 7 heteroatoms. The third kappa shape index (κ3) is 3.06. The van der Waals surface area contributed by atoms with Gasteiger partial charge < -0.3 is 4.98 Å². The topological polar surface area (TPSA) is 71.0 Å². The van der Waals surface area contributed by atoms with Crippen molar-refractivity contribution in [3.8, 4) is 0 Å². The zero-order valence-corrected chi connectivity index (χ0v) is 15.2. The maximum absolute atomic E-state index is 12.5. The third-order valence-electron chi connectivity index (χ3n) is 4.16. The normalized spacial score (nSPS) is 12.7. The highest BCUT2D eigenvalue weighted by Gasteiger charge is 2.21. The monoisotopic (exact) mass is 348 g/mol. The smallest absolute Gasteiger partial charge is 0.236 e. The van der Waals surface area contributed by atoms with Crippen LogP contribution in [-0.2, 0) is 16.6 Å². The van der Waals surface area contributed by atoms with Gasteiger partial charge in [-0.15, -0.1) is 0 Å². The fraction of sp³-hybridized carbons (Fsp3) is 0.471. The molecule has 3 rings (SSSR count). The Kier molecular flexibility index (Phi) is 4.64. The number of rotatable bonds is 7. The molecular formula is C17H24N4O2S. The maximum Gasteiger partial charge on any atom is 0.236 e. The first kappa shape index (κ1) is 17.0. The van der Waals surface area contributed by atoms with Crippen LogP contribution in [0.1, 0.15) is 32.4 Å². The van der Waals surface area contributed by atoms with Crippen LogP contribution in [0.3, 0.4) is 0 Å². The van der Waals surface area contributed by atoms with E-state index in [2.05, 4.69) is 28.7 Å². The van der Waals surface area contributed by atoms with Gasteiger partial charge in [-0.3, -0.25) is 9.88 Å². The maximum atomic E-state index is 12.5. The van der Waals surface area contributed by atoms with E-state index in [9.17, 15) is 8.42 Å². The number of hydrogen-bond donors (Lipinski definition) is 1. The van der Waals surface area contributed by atoms with E-state index in [1.807, 2.05) is 12.1 Å². The average molecular weight is 348 g/mol. The Morgan fingerprint density at radius 2 is 1.96 bits per heavy atom. The molecule has 0 amide bonds. The minimum atomic E-state index is -3.42. The Morgan fingerprint density at radius 1 is 1.25 bits per heavy atom. The summed E-state index contributed by atoms with van der Waals surface area (Å²) >= 11 is 0. The number of hydrogen-bond acceptors (Lipinski definition) is 4. The van der Waals surface area contributed by atoms with Crippen LogP contribution < -0.4 is 0 Å². The van der Waals surface area contributed by atoms with Crippen molar-refractivity contribution < 1.29 is 8.42 Å². The third-order valence-corrected chi connectivity index (χ3v) is 5.24. The molecule has 0 aromatic carbocycles. The molecule has 24 heavy (non-hydrogen) atoms. The molecular weight excluding hydrogens is 324 g/mol. The molecule has 6 nitrogen and oxygen atoms in total. The number of pyridine rings is 1. The van der Waals surface area contributed by atoms with Crippen LogP contribution in [0.2, 0.25) is 0 Å². The number of H-pyrrole nitrogens is 1. The molecule has 0 spiro atoms. The van der Waals surface area contributed by atoms with Crippen LogP contribution in [-0.4, -0.2) is 46.6 Å². The number of nitrogens with zero attached hydrogens (tertiary/aromatic N) is 3. The van der Waals surface area contributed by atoms with Crippen molar-refractivity contribution in [3.05, 3.63) is 30.2 Å². The van der Waals surface area contributed by atoms with Gasteiger partial charge in [0, 0.05) is 30.0 Å². The van der Waals surface area contributed by atoms with Crippen molar-refractivity contribution in [1.29, 1.82) is 0 Å². The standard InChI is InChI=1S/C17H24N4O2S/c1-4-8-20(9-5-2)12-14-10-13-11-19-15-6-7-18-16(15)17(13)21(14)24(3,22)23/h6-7,10-11,18H,4-5,8-9,12H2,1-3H3. The Balaban J connectivity index is 2.20.